The summed E-state index contributed by atoms with van der Waals surface area (Å²) in [7, 11) is 2.01. The van der Waals surface area contributed by atoms with Gasteiger partial charge < -0.3 is 10.6 Å². The topological polar surface area (TPSA) is 55.0 Å². The van der Waals surface area contributed by atoms with Crippen LogP contribution in [0, 0.1) is 6.92 Å². The molecule has 0 aliphatic heterocycles. The number of hydrogen-bond acceptors (Lipinski definition) is 4. The highest BCUT2D eigenvalue weighted by Gasteiger charge is 2.12. The average Bonchev–Trinajstić information content (AvgIpc) is 2.46. The summed E-state index contributed by atoms with van der Waals surface area (Å²) in [6.45, 7) is 2.09. The number of hydrogen-bond donors (Lipinski definition) is 1. The number of nitrogens with two attached hydrogens (primary N) is 1. The Balaban J connectivity index is 2.19. The molecule has 3 rings (SSSR count). The molecule has 20 heavy (non-hydrogen) atoms. The number of nitrogen functional groups attached to an aromatic ring is 1. The lowest BCUT2D eigenvalue weighted by atomic mass is 10.1. The van der Waals surface area contributed by atoms with Gasteiger partial charge in [-0.3, -0.25) is 0 Å². The number of rotatable bonds is 2. The Morgan fingerprint density at radius 2 is 1.85 bits per heavy atom. The Morgan fingerprint density at radius 3 is 2.65 bits per heavy atom. The fraction of sp³-hybridized carbons (Fsp3) is 0.125. The summed E-state index contributed by atoms with van der Waals surface area (Å²) in [5.41, 5.74) is 9.82. The largest absolute Gasteiger partial charge is 0.399 e. The van der Waals surface area contributed by atoms with Gasteiger partial charge in [-0.1, -0.05) is 18.2 Å². The van der Waals surface area contributed by atoms with Crippen LogP contribution in [0.15, 0.2) is 48.8 Å². The van der Waals surface area contributed by atoms with Crippen LogP contribution in [0.5, 0.6) is 0 Å². The van der Waals surface area contributed by atoms with E-state index in [4.69, 9.17) is 5.73 Å². The molecular weight excluding hydrogens is 248 g/mol. The molecule has 0 fully saturated rings. The van der Waals surface area contributed by atoms with E-state index in [-0.39, 0.29) is 0 Å². The molecule has 2 aromatic carbocycles. The lowest BCUT2D eigenvalue weighted by Crippen LogP contribution is -2.13. The van der Waals surface area contributed by atoms with Crippen LogP contribution < -0.4 is 10.6 Å². The molecule has 0 bridgehead atoms. The normalized spacial score (nSPS) is 10.7. The highest BCUT2D eigenvalue weighted by molar-refractivity contribution is 5.93. The van der Waals surface area contributed by atoms with E-state index in [1.54, 1.807) is 6.33 Å². The van der Waals surface area contributed by atoms with Gasteiger partial charge >= 0.3 is 0 Å². The maximum atomic E-state index is 5.89. The molecule has 0 aliphatic carbocycles. The van der Waals surface area contributed by atoms with Crippen molar-refractivity contribution in [2.75, 3.05) is 17.7 Å². The van der Waals surface area contributed by atoms with E-state index in [2.05, 4.69) is 33.9 Å². The molecule has 2 N–H and O–H groups in total. The third kappa shape index (κ3) is 2.05. The van der Waals surface area contributed by atoms with E-state index in [1.807, 2.05) is 37.4 Å². The molecule has 3 aromatic rings. The number of nitrogens with zero attached hydrogens (tertiary/aromatic N) is 3. The Hall–Kier alpha value is -2.62. The monoisotopic (exact) mass is 264 g/mol. The molecule has 0 saturated carbocycles. The second kappa shape index (κ2) is 4.81. The average molecular weight is 264 g/mol. The molecule has 0 amide bonds. The third-order valence-electron chi connectivity index (χ3n) is 3.43. The molecule has 0 atom stereocenters. The van der Waals surface area contributed by atoms with Gasteiger partial charge in [0.15, 0.2) is 0 Å². The quantitative estimate of drug-likeness (QED) is 0.722. The second-order valence-corrected chi connectivity index (χ2v) is 4.82. The fourth-order valence-electron chi connectivity index (χ4n) is 2.38. The molecule has 4 heteroatoms. The standard InChI is InChI=1S/C16H16N4/c1-11-5-3-4-6-15(11)20(2)16-13-9-12(17)7-8-14(13)18-10-19-16/h3-10H,17H2,1-2H3. The summed E-state index contributed by atoms with van der Waals surface area (Å²) >= 11 is 0. The summed E-state index contributed by atoms with van der Waals surface area (Å²) < 4.78 is 0. The van der Waals surface area contributed by atoms with Gasteiger partial charge in [0.05, 0.1) is 5.52 Å². The van der Waals surface area contributed by atoms with Crippen LogP contribution in [-0.4, -0.2) is 17.0 Å². The SMILES string of the molecule is Cc1ccccc1N(C)c1ncnc2ccc(N)cc12. The molecule has 0 spiro atoms. The van der Waals surface area contributed by atoms with Gasteiger partial charge in [0, 0.05) is 23.8 Å². The third-order valence-corrected chi connectivity index (χ3v) is 3.43. The minimum absolute atomic E-state index is 0.715. The summed E-state index contributed by atoms with van der Waals surface area (Å²) in [4.78, 5) is 10.8. The molecule has 0 unspecified atom stereocenters. The zero-order valence-electron chi connectivity index (χ0n) is 11.5. The molecule has 1 aromatic heterocycles. The van der Waals surface area contributed by atoms with Crippen molar-refractivity contribution >= 4 is 28.1 Å². The molecule has 1 heterocycles. The van der Waals surface area contributed by atoms with Gasteiger partial charge in [0.2, 0.25) is 0 Å². The van der Waals surface area contributed by atoms with Crippen molar-refractivity contribution in [2.45, 2.75) is 6.92 Å². The van der Waals surface area contributed by atoms with Crippen molar-refractivity contribution in [1.29, 1.82) is 0 Å². The van der Waals surface area contributed by atoms with Crippen LogP contribution >= 0.6 is 0 Å². The van der Waals surface area contributed by atoms with Crippen LogP contribution in [0.2, 0.25) is 0 Å². The van der Waals surface area contributed by atoms with Crippen LogP contribution in [0.4, 0.5) is 17.2 Å². The molecule has 4 nitrogen and oxygen atoms in total. The molecular formula is C16H16N4. The maximum Gasteiger partial charge on any atom is 0.144 e. The Labute approximate surface area is 117 Å². The van der Waals surface area contributed by atoms with E-state index >= 15 is 0 Å². The first-order chi connectivity index (χ1) is 9.66. The smallest absolute Gasteiger partial charge is 0.144 e. The summed E-state index contributed by atoms with van der Waals surface area (Å²) in [6.07, 6.45) is 1.59. The van der Waals surface area contributed by atoms with Gasteiger partial charge in [-0.25, -0.2) is 9.97 Å². The highest BCUT2D eigenvalue weighted by Crippen LogP contribution is 2.30. The lowest BCUT2D eigenvalue weighted by Gasteiger charge is -2.21. The van der Waals surface area contributed by atoms with Gasteiger partial charge in [0.1, 0.15) is 12.1 Å². The van der Waals surface area contributed by atoms with Crippen LogP contribution in [-0.2, 0) is 0 Å². The van der Waals surface area contributed by atoms with Gasteiger partial charge in [0.25, 0.3) is 0 Å². The Bertz CT molecular complexity index is 767. The lowest BCUT2D eigenvalue weighted by molar-refractivity contribution is 1.10. The summed E-state index contributed by atoms with van der Waals surface area (Å²) in [6, 6.07) is 13.9. The predicted molar refractivity (Wildman–Crippen MR) is 83.2 cm³/mol. The number of aryl methyl sites for hydroxylation is 1. The van der Waals surface area contributed by atoms with Crippen molar-refractivity contribution in [3.8, 4) is 0 Å². The first kappa shape index (κ1) is 12.4. The van der Waals surface area contributed by atoms with Crippen LogP contribution in [0.1, 0.15) is 5.56 Å². The maximum absolute atomic E-state index is 5.89. The van der Waals surface area contributed by atoms with E-state index in [0.717, 1.165) is 22.4 Å². The van der Waals surface area contributed by atoms with Crippen molar-refractivity contribution in [3.05, 3.63) is 54.4 Å². The van der Waals surface area contributed by atoms with E-state index in [1.165, 1.54) is 5.56 Å². The van der Waals surface area contributed by atoms with Crippen molar-refractivity contribution < 1.29 is 0 Å². The van der Waals surface area contributed by atoms with Gasteiger partial charge in [-0.05, 0) is 36.8 Å². The zero-order chi connectivity index (χ0) is 14.1. The number of para-hydroxylation sites is 1. The first-order valence-corrected chi connectivity index (χ1v) is 6.46. The Kier molecular flexibility index (Phi) is 2.99. The molecule has 0 radical (unpaired) electrons. The minimum atomic E-state index is 0.715. The van der Waals surface area contributed by atoms with Crippen LogP contribution in [0.25, 0.3) is 10.9 Å². The molecule has 100 valence electrons. The Morgan fingerprint density at radius 1 is 1.05 bits per heavy atom. The highest BCUT2D eigenvalue weighted by atomic mass is 15.2. The summed E-state index contributed by atoms with van der Waals surface area (Å²) in [5.74, 6) is 0.858. The predicted octanol–water partition coefficient (Wildman–Crippen LogP) is 3.29. The summed E-state index contributed by atoms with van der Waals surface area (Å²) in [5, 5.41) is 0.957. The van der Waals surface area contributed by atoms with Crippen molar-refractivity contribution in [3.63, 3.8) is 0 Å². The minimum Gasteiger partial charge on any atom is -0.399 e. The second-order valence-electron chi connectivity index (χ2n) is 4.82. The van der Waals surface area contributed by atoms with Crippen molar-refractivity contribution in [1.82, 2.24) is 9.97 Å². The number of anilines is 3. The first-order valence-electron chi connectivity index (χ1n) is 6.46. The van der Waals surface area contributed by atoms with Crippen LogP contribution in [0.3, 0.4) is 0 Å². The van der Waals surface area contributed by atoms with E-state index in [0.29, 0.717) is 5.69 Å². The molecule has 0 saturated heterocycles. The van der Waals surface area contributed by atoms with Gasteiger partial charge in [-0.2, -0.15) is 0 Å². The van der Waals surface area contributed by atoms with Gasteiger partial charge in [-0.15, -0.1) is 0 Å². The van der Waals surface area contributed by atoms with Crippen molar-refractivity contribution in [2.24, 2.45) is 0 Å². The number of aromatic nitrogens is 2. The van der Waals surface area contributed by atoms with E-state index < -0.39 is 0 Å². The zero-order valence-corrected chi connectivity index (χ0v) is 11.5. The molecule has 0 aliphatic rings. The number of benzene rings is 2. The van der Waals surface area contributed by atoms with E-state index in [9.17, 15) is 0 Å². The fourth-order valence-corrected chi connectivity index (χ4v) is 2.38. The number of fused-ring (bicyclic) bond motifs is 1.